The van der Waals surface area contributed by atoms with Crippen LogP contribution in [0, 0.1) is 5.92 Å². The molecule has 26 heavy (non-hydrogen) atoms. The van der Waals surface area contributed by atoms with E-state index in [1.165, 1.54) is 32.7 Å². The molecule has 0 aliphatic carbocycles. The number of carboxylic acids is 1. The Morgan fingerprint density at radius 2 is 1.92 bits per heavy atom. The summed E-state index contributed by atoms with van der Waals surface area (Å²) in [5, 5.41) is 9.41. The largest absolute Gasteiger partial charge is 0.497 e. The minimum atomic E-state index is -3.91. The van der Waals surface area contributed by atoms with Gasteiger partial charge in [0.05, 0.1) is 26.3 Å². The molecule has 2 aromatic rings. The van der Waals surface area contributed by atoms with Crippen molar-refractivity contribution in [1.29, 1.82) is 0 Å². The molecule has 1 aromatic heterocycles. The molecule has 1 aromatic carbocycles. The van der Waals surface area contributed by atoms with Gasteiger partial charge in [-0.25, -0.2) is 13.1 Å². The maximum absolute atomic E-state index is 12.4. The summed E-state index contributed by atoms with van der Waals surface area (Å²) in [5.74, 6) is -1.14. The number of methoxy groups -OCH3 is 2. The second-order valence-corrected chi connectivity index (χ2v) is 7.27. The van der Waals surface area contributed by atoms with Gasteiger partial charge in [-0.15, -0.1) is 0 Å². The number of aliphatic carboxylic acids is 1. The van der Waals surface area contributed by atoms with Crippen LogP contribution in [0.25, 0.3) is 0 Å². The lowest BCUT2D eigenvalue weighted by Crippen LogP contribution is -2.34. The predicted molar refractivity (Wildman–Crippen MR) is 93.8 cm³/mol. The second kappa shape index (κ2) is 8.63. The van der Waals surface area contributed by atoms with E-state index in [2.05, 4.69) is 9.71 Å². The van der Waals surface area contributed by atoms with E-state index in [4.69, 9.17) is 9.47 Å². The Hall–Kier alpha value is -2.65. The average molecular weight is 380 g/mol. The lowest BCUT2D eigenvalue weighted by molar-refractivity contribution is -0.141. The highest BCUT2D eigenvalue weighted by atomic mass is 32.2. The maximum atomic E-state index is 12.4. The van der Waals surface area contributed by atoms with Crippen LogP contribution in [0.2, 0.25) is 0 Å². The molecule has 0 amide bonds. The molecule has 0 radical (unpaired) electrons. The van der Waals surface area contributed by atoms with Gasteiger partial charge in [0.1, 0.15) is 16.4 Å². The Bertz CT molecular complexity index is 869. The van der Waals surface area contributed by atoms with Gasteiger partial charge in [-0.3, -0.25) is 9.78 Å². The molecule has 0 saturated heterocycles. The quantitative estimate of drug-likeness (QED) is 0.674. The first-order valence-electron chi connectivity index (χ1n) is 7.70. The van der Waals surface area contributed by atoms with Gasteiger partial charge in [0.25, 0.3) is 0 Å². The van der Waals surface area contributed by atoms with Crippen molar-refractivity contribution in [3.63, 3.8) is 0 Å². The molecule has 140 valence electrons. The van der Waals surface area contributed by atoms with Crippen LogP contribution < -0.4 is 14.2 Å². The first-order chi connectivity index (χ1) is 12.4. The molecular weight excluding hydrogens is 360 g/mol. The fourth-order valence-electron chi connectivity index (χ4n) is 2.28. The Balaban J connectivity index is 2.10. The summed E-state index contributed by atoms with van der Waals surface area (Å²) in [5.41, 5.74) is 0.735. The highest BCUT2D eigenvalue weighted by molar-refractivity contribution is 7.89. The Kier molecular flexibility index (Phi) is 6.53. The third-order valence-corrected chi connectivity index (χ3v) is 5.11. The lowest BCUT2D eigenvalue weighted by Gasteiger charge is -2.14. The zero-order chi connectivity index (χ0) is 19.2. The zero-order valence-corrected chi connectivity index (χ0v) is 15.2. The zero-order valence-electron chi connectivity index (χ0n) is 14.4. The van der Waals surface area contributed by atoms with E-state index in [0.717, 1.165) is 5.56 Å². The van der Waals surface area contributed by atoms with Crippen molar-refractivity contribution in [2.75, 3.05) is 20.8 Å². The molecule has 0 spiro atoms. The van der Waals surface area contributed by atoms with Crippen molar-refractivity contribution in [2.45, 2.75) is 11.3 Å². The molecule has 1 atom stereocenters. The Morgan fingerprint density at radius 1 is 1.19 bits per heavy atom. The highest BCUT2D eigenvalue weighted by Gasteiger charge is 2.23. The molecule has 1 heterocycles. The summed E-state index contributed by atoms with van der Waals surface area (Å²) in [6, 6.07) is 8.29. The van der Waals surface area contributed by atoms with Crippen LogP contribution in [0.1, 0.15) is 5.56 Å². The van der Waals surface area contributed by atoms with Crippen LogP contribution >= 0.6 is 0 Å². The first-order valence-corrected chi connectivity index (χ1v) is 9.18. The molecule has 0 bridgehead atoms. The van der Waals surface area contributed by atoms with Crippen molar-refractivity contribution in [1.82, 2.24) is 9.71 Å². The SMILES string of the molecule is COc1cccc(CC(CNS(=O)(=O)c2cncc(OC)c2)C(=O)O)c1. The van der Waals surface area contributed by atoms with Gasteiger partial charge in [0, 0.05) is 18.8 Å². The van der Waals surface area contributed by atoms with Crippen molar-refractivity contribution in [3.8, 4) is 11.5 Å². The fourth-order valence-corrected chi connectivity index (χ4v) is 3.34. The van der Waals surface area contributed by atoms with Gasteiger partial charge in [0.15, 0.2) is 0 Å². The number of carbonyl (C=O) groups is 1. The summed E-state index contributed by atoms with van der Waals surface area (Å²) < 4.78 is 37.1. The number of carboxylic acid groups (broad SMARTS) is 1. The van der Waals surface area contributed by atoms with Gasteiger partial charge >= 0.3 is 5.97 Å². The monoisotopic (exact) mass is 380 g/mol. The third-order valence-electron chi connectivity index (χ3n) is 3.72. The smallest absolute Gasteiger partial charge is 0.308 e. The second-order valence-electron chi connectivity index (χ2n) is 5.50. The Labute approximate surface area is 151 Å². The fraction of sp³-hybridized carbons (Fsp3) is 0.294. The van der Waals surface area contributed by atoms with Crippen molar-refractivity contribution >= 4 is 16.0 Å². The number of ether oxygens (including phenoxy) is 2. The summed E-state index contributed by atoms with van der Waals surface area (Å²) in [6.45, 7) is -0.258. The predicted octanol–water partition coefficient (Wildman–Crippen LogP) is 1.32. The Morgan fingerprint density at radius 3 is 2.58 bits per heavy atom. The van der Waals surface area contributed by atoms with E-state index >= 15 is 0 Å². The molecule has 2 N–H and O–H groups in total. The number of hydrogen-bond donors (Lipinski definition) is 2. The normalized spacial score (nSPS) is 12.4. The molecule has 9 heteroatoms. The number of rotatable bonds is 9. The summed E-state index contributed by atoms with van der Waals surface area (Å²) in [4.78, 5) is 15.2. The van der Waals surface area contributed by atoms with Gasteiger partial charge in [-0.2, -0.15) is 0 Å². The van der Waals surface area contributed by atoms with Crippen LogP contribution in [-0.2, 0) is 21.2 Å². The van der Waals surface area contributed by atoms with Crippen molar-refractivity contribution < 1.29 is 27.8 Å². The summed E-state index contributed by atoms with van der Waals surface area (Å²) in [7, 11) is -0.991. The maximum Gasteiger partial charge on any atom is 0.308 e. The van der Waals surface area contributed by atoms with Gasteiger partial charge in [-0.05, 0) is 24.1 Å². The van der Waals surface area contributed by atoms with E-state index in [1.54, 1.807) is 24.3 Å². The molecule has 0 saturated carbocycles. The molecular formula is C17H20N2O6S. The number of pyridine rings is 1. The van der Waals surface area contributed by atoms with Gasteiger partial charge in [-0.1, -0.05) is 12.1 Å². The van der Waals surface area contributed by atoms with E-state index in [-0.39, 0.29) is 17.9 Å². The molecule has 0 fully saturated rings. The van der Waals surface area contributed by atoms with Gasteiger partial charge < -0.3 is 14.6 Å². The number of sulfonamides is 1. The van der Waals surface area contributed by atoms with Crippen LogP contribution in [0.3, 0.4) is 0 Å². The lowest BCUT2D eigenvalue weighted by atomic mass is 9.99. The molecule has 0 aliphatic rings. The van der Waals surface area contributed by atoms with Crippen molar-refractivity contribution in [3.05, 3.63) is 48.3 Å². The van der Waals surface area contributed by atoms with Crippen LogP contribution in [0.15, 0.2) is 47.6 Å². The van der Waals surface area contributed by atoms with Gasteiger partial charge in [0.2, 0.25) is 10.0 Å². The molecule has 1 unspecified atom stereocenters. The van der Waals surface area contributed by atoms with E-state index in [9.17, 15) is 18.3 Å². The third kappa shape index (κ3) is 5.17. The molecule has 8 nitrogen and oxygen atoms in total. The number of nitrogens with zero attached hydrogens (tertiary/aromatic N) is 1. The first kappa shape index (κ1) is 19.7. The van der Waals surface area contributed by atoms with E-state index < -0.39 is 21.9 Å². The standard InChI is InChI=1S/C17H20N2O6S/c1-24-14-5-3-4-12(7-14)6-13(17(20)21)9-19-26(22,23)16-8-15(25-2)10-18-11-16/h3-5,7-8,10-11,13,19H,6,9H2,1-2H3,(H,20,21). The van der Waals surface area contributed by atoms with E-state index in [1.807, 2.05) is 0 Å². The van der Waals surface area contributed by atoms with Crippen LogP contribution in [-0.4, -0.2) is 45.2 Å². The number of aromatic nitrogens is 1. The summed E-state index contributed by atoms with van der Waals surface area (Å²) >= 11 is 0. The number of benzene rings is 1. The van der Waals surface area contributed by atoms with Crippen molar-refractivity contribution in [2.24, 2.45) is 5.92 Å². The topological polar surface area (TPSA) is 115 Å². The molecule has 0 aliphatic heterocycles. The molecule has 2 rings (SSSR count). The average Bonchev–Trinajstić information content (AvgIpc) is 2.65. The number of hydrogen-bond acceptors (Lipinski definition) is 6. The van der Waals surface area contributed by atoms with Crippen LogP contribution in [0.5, 0.6) is 11.5 Å². The highest BCUT2D eigenvalue weighted by Crippen LogP contribution is 2.18. The summed E-state index contributed by atoms with van der Waals surface area (Å²) in [6.07, 6.45) is 2.70. The number of nitrogens with one attached hydrogen (secondary N) is 1. The van der Waals surface area contributed by atoms with E-state index in [0.29, 0.717) is 11.5 Å². The minimum Gasteiger partial charge on any atom is -0.497 e. The minimum absolute atomic E-state index is 0.0950. The van der Waals surface area contributed by atoms with Crippen LogP contribution in [0.4, 0.5) is 0 Å².